The Labute approximate surface area is 114 Å². The fraction of sp³-hybridized carbons (Fsp3) is 0.308. The average molecular weight is 275 g/mol. The number of rotatable bonds is 2. The summed E-state index contributed by atoms with van der Waals surface area (Å²) in [5, 5.41) is 0. The molecule has 1 heterocycles. The number of nitrogens with two attached hydrogens (primary N) is 2. The average Bonchev–Trinajstić information content (AvgIpc) is 2.84. The third kappa shape index (κ3) is 1.56. The van der Waals surface area contributed by atoms with Gasteiger partial charge in [0, 0.05) is 17.7 Å². The SMILES string of the molecule is NC(=O)CN1C(=O)O[C@@]2(CCc3cc(N)ccc32)C1=O. The lowest BCUT2D eigenvalue weighted by atomic mass is 9.95. The Morgan fingerprint density at radius 1 is 1.40 bits per heavy atom. The lowest BCUT2D eigenvalue weighted by Gasteiger charge is -2.20. The quantitative estimate of drug-likeness (QED) is 0.730. The Morgan fingerprint density at radius 2 is 2.15 bits per heavy atom. The molecule has 0 bridgehead atoms. The number of carbonyl (C=O) groups excluding carboxylic acids is 3. The van der Waals surface area contributed by atoms with Crippen LogP contribution < -0.4 is 11.5 Å². The van der Waals surface area contributed by atoms with Crippen molar-refractivity contribution < 1.29 is 19.1 Å². The molecule has 1 aliphatic carbocycles. The van der Waals surface area contributed by atoms with Gasteiger partial charge in [-0.1, -0.05) is 6.07 Å². The third-order valence-corrected chi connectivity index (χ3v) is 3.70. The largest absolute Gasteiger partial charge is 0.427 e. The molecule has 7 heteroatoms. The molecule has 1 atom stereocenters. The minimum Gasteiger partial charge on any atom is -0.427 e. The van der Waals surface area contributed by atoms with Crippen LogP contribution in [-0.2, 0) is 26.3 Å². The van der Waals surface area contributed by atoms with E-state index in [1.165, 1.54) is 0 Å². The van der Waals surface area contributed by atoms with E-state index in [0.29, 0.717) is 24.1 Å². The van der Waals surface area contributed by atoms with Crippen molar-refractivity contribution in [3.8, 4) is 0 Å². The zero-order valence-electron chi connectivity index (χ0n) is 10.6. The maximum atomic E-state index is 12.5. The minimum absolute atomic E-state index is 0.353. The number of nitrogens with zero attached hydrogens (tertiary/aromatic N) is 1. The molecule has 7 nitrogen and oxygen atoms in total. The monoisotopic (exact) mass is 275 g/mol. The van der Waals surface area contributed by atoms with Crippen molar-refractivity contribution in [2.24, 2.45) is 5.73 Å². The molecule has 104 valence electrons. The van der Waals surface area contributed by atoms with Crippen molar-refractivity contribution >= 4 is 23.6 Å². The Bertz CT molecular complexity index is 643. The Balaban J connectivity index is 2.03. The van der Waals surface area contributed by atoms with Crippen LogP contribution in [0.5, 0.6) is 0 Å². The predicted molar refractivity (Wildman–Crippen MR) is 68.2 cm³/mol. The molecule has 0 unspecified atom stereocenters. The molecule has 0 aromatic heterocycles. The number of hydrogen-bond acceptors (Lipinski definition) is 5. The van der Waals surface area contributed by atoms with E-state index in [9.17, 15) is 14.4 Å². The van der Waals surface area contributed by atoms with Gasteiger partial charge in [-0.3, -0.25) is 9.59 Å². The molecule has 4 N–H and O–H groups in total. The van der Waals surface area contributed by atoms with Gasteiger partial charge in [0.25, 0.3) is 5.91 Å². The first-order valence-electron chi connectivity index (χ1n) is 6.16. The maximum Gasteiger partial charge on any atom is 0.418 e. The van der Waals surface area contributed by atoms with Gasteiger partial charge in [0.2, 0.25) is 11.5 Å². The molecule has 0 saturated carbocycles. The first-order chi connectivity index (χ1) is 9.44. The molecule has 1 aliphatic heterocycles. The highest BCUT2D eigenvalue weighted by Gasteiger charge is 2.58. The number of nitrogen functional groups attached to an aromatic ring is 1. The van der Waals surface area contributed by atoms with Crippen molar-refractivity contribution in [2.45, 2.75) is 18.4 Å². The molecule has 2 aliphatic rings. The van der Waals surface area contributed by atoms with Crippen LogP contribution in [0.1, 0.15) is 17.5 Å². The topological polar surface area (TPSA) is 116 Å². The summed E-state index contributed by atoms with van der Waals surface area (Å²) in [6, 6.07) is 5.11. The van der Waals surface area contributed by atoms with Crippen LogP contribution in [0.15, 0.2) is 18.2 Å². The van der Waals surface area contributed by atoms with Crippen molar-refractivity contribution in [1.29, 1.82) is 0 Å². The molecule has 1 spiro atoms. The summed E-state index contributed by atoms with van der Waals surface area (Å²) in [6.07, 6.45) is 0.105. The number of ether oxygens (including phenoxy) is 1. The third-order valence-electron chi connectivity index (χ3n) is 3.70. The molecule has 1 saturated heterocycles. The predicted octanol–water partition coefficient (Wildman–Crippen LogP) is -0.126. The lowest BCUT2D eigenvalue weighted by molar-refractivity contribution is -0.139. The van der Waals surface area contributed by atoms with Crippen molar-refractivity contribution in [3.05, 3.63) is 29.3 Å². The number of anilines is 1. The molecule has 0 radical (unpaired) electrons. The van der Waals surface area contributed by atoms with Crippen molar-refractivity contribution in [3.63, 3.8) is 0 Å². The first-order valence-corrected chi connectivity index (χ1v) is 6.16. The Hall–Kier alpha value is -2.57. The van der Waals surface area contributed by atoms with E-state index in [2.05, 4.69) is 0 Å². The Kier molecular flexibility index (Phi) is 2.47. The summed E-state index contributed by atoms with van der Waals surface area (Å²) >= 11 is 0. The van der Waals surface area contributed by atoms with Gasteiger partial charge in [-0.15, -0.1) is 0 Å². The van der Waals surface area contributed by atoms with E-state index in [-0.39, 0.29) is 0 Å². The number of benzene rings is 1. The van der Waals surface area contributed by atoms with Crippen LogP contribution in [0, 0.1) is 0 Å². The van der Waals surface area contributed by atoms with Crippen LogP contribution in [0.4, 0.5) is 10.5 Å². The number of fused-ring (bicyclic) bond motifs is 2. The molecular weight excluding hydrogens is 262 g/mol. The summed E-state index contributed by atoms with van der Waals surface area (Å²) in [6.45, 7) is -0.469. The second kappa shape index (κ2) is 3.96. The standard InChI is InChI=1S/C13H13N3O4/c14-8-1-2-9-7(5-8)3-4-13(9)11(18)16(6-10(15)17)12(19)20-13/h1-2,5H,3-4,6,14H2,(H2,15,17)/t13-/m1/s1. The summed E-state index contributed by atoms with van der Waals surface area (Å²) in [4.78, 5) is 36.0. The van der Waals surface area contributed by atoms with Crippen LogP contribution >= 0.6 is 0 Å². The number of imide groups is 1. The molecule has 3 rings (SSSR count). The highest BCUT2D eigenvalue weighted by molar-refractivity contribution is 6.06. The maximum absolute atomic E-state index is 12.5. The van der Waals surface area contributed by atoms with Crippen molar-refractivity contribution in [2.75, 3.05) is 12.3 Å². The molecule has 1 fully saturated rings. The van der Waals surface area contributed by atoms with E-state index >= 15 is 0 Å². The summed E-state index contributed by atoms with van der Waals surface area (Å²) in [7, 11) is 0. The van der Waals surface area contributed by atoms with Gasteiger partial charge >= 0.3 is 6.09 Å². The summed E-state index contributed by atoms with van der Waals surface area (Å²) in [5.41, 5.74) is 11.5. The van der Waals surface area contributed by atoms with Gasteiger partial charge in [0.1, 0.15) is 6.54 Å². The van der Waals surface area contributed by atoms with E-state index < -0.39 is 30.1 Å². The molecule has 1 aromatic carbocycles. The van der Waals surface area contributed by atoms with Crippen LogP contribution in [-0.4, -0.2) is 29.4 Å². The van der Waals surface area contributed by atoms with Crippen molar-refractivity contribution in [1.82, 2.24) is 4.90 Å². The summed E-state index contributed by atoms with van der Waals surface area (Å²) in [5.74, 6) is -1.30. The number of carbonyl (C=O) groups is 3. The second-order valence-corrected chi connectivity index (χ2v) is 4.97. The fourth-order valence-corrected chi connectivity index (χ4v) is 2.83. The number of amides is 3. The number of aryl methyl sites for hydroxylation is 1. The lowest BCUT2D eigenvalue weighted by Crippen LogP contribution is -2.41. The Morgan fingerprint density at radius 3 is 2.85 bits per heavy atom. The molecular formula is C13H13N3O4. The van der Waals surface area contributed by atoms with E-state index in [4.69, 9.17) is 16.2 Å². The highest BCUT2D eigenvalue weighted by Crippen LogP contribution is 2.45. The number of primary amides is 1. The van der Waals surface area contributed by atoms with E-state index in [0.717, 1.165) is 10.5 Å². The molecule has 3 amide bonds. The van der Waals surface area contributed by atoms with Gasteiger partial charge in [-0.2, -0.15) is 0 Å². The second-order valence-electron chi connectivity index (χ2n) is 4.97. The van der Waals surface area contributed by atoms with E-state index in [1.54, 1.807) is 18.2 Å². The van der Waals surface area contributed by atoms with Gasteiger partial charge in [-0.05, 0) is 24.1 Å². The zero-order chi connectivity index (χ0) is 14.5. The minimum atomic E-state index is -1.32. The smallest absolute Gasteiger partial charge is 0.418 e. The van der Waals surface area contributed by atoms with Gasteiger partial charge < -0.3 is 16.2 Å². The molecule has 20 heavy (non-hydrogen) atoms. The number of hydrogen-bond donors (Lipinski definition) is 2. The zero-order valence-corrected chi connectivity index (χ0v) is 10.6. The summed E-state index contributed by atoms with van der Waals surface area (Å²) < 4.78 is 5.29. The first kappa shape index (κ1) is 12.5. The van der Waals surface area contributed by atoms with Crippen LogP contribution in [0.2, 0.25) is 0 Å². The van der Waals surface area contributed by atoms with Gasteiger partial charge in [0.15, 0.2) is 0 Å². The fourth-order valence-electron chi connectivity index (χ4n) is 2.83. The molecule has 1 aromatic rings. The van der Waals surface area contributed by atoms with Gasteiger partial charge in [0.05, 0.1) is 0 Å². The van der Waals surface area contributed by atoms with Crippen LogP contribution in [0.3, 0.4) is 0 Å². The highest BCUT2D eigenvalue weighted by atomic mass is 16.6. The normalized spacial score (nSPS) is 24.1. The van der Waals surface area contributed by atoms with E-state index in [1.807, 2.05) is 0 Å². The van der Waals surface area contributed by atoms with Gasteiger partial charge in [-0.25, -0.2) is 9.69 Å². The van der Waals surface area contributed by atoms with Crippen LogP contribution in [0.25, 0.3) is 0 Å².